The Morgan fingerprint density at radius 1 is 1.03 bits per heavy atom. The van der Waals surface area contributed by atoms with Gasteiger partial charge in [0.2, 0.25) is 0 Å². The summed E-state index contributed by atoms with van der Waals surface area (Å²) in [7, 11) is 0. The number of benzene rings is 2. The van der Waals surface area contributed by atoms with Crippen molar-refractivity contribution in [1.82, 2.24) is 5.32 Å². The fourth-order valence-corrected chi connectivity index (χ4v) is 2.63. The fraction of sp³-hybridized carbons (Fsp3) is 0.273. The normalized spacial score (nSPS) is 11.1. The molecule has 0 aromatic heterocycles. The van der Waals surface area contributed by atoms with Crippen LogP contribution in [0.1, 0.15) is 13.8 Å². The highest BCUT2D eigenvalue weighted by atomic mass is 16.5. The lowest BCUT2D eigenvalue weighted by atomic mass is 10.1. The number of nitrogens with zero attached hydrogens (tertiary/aromatic N) is 2. The molecule has 0 saturated heterocycles. The molecule has 156 valence electrons. The number of esters is 1. The Kier molecular flexibility index (Phi) is 8.39. The minimum absolute atomic E-state index is 0.175. The molecule has 2 aromatic carbocycles. The summed E-state index contributed by atoms with van der Waals surface area (Å²) in [5, 5.41) is 14.2. The molecule has 0 aliphatic rings. The molecule has 2 rings (SSSR count). The van der Waals surface area contributed by atoms with Crippen LogP contribution in [0, 0.1) is 17.2 Å². The monoisotopic (exact) mass is 408 g/mol. The van der Waals surface area contributed by atoms with E-state index in [1.807, 2.05) is 12.1 Å². The topological polar surface area (TPSA) is 112 Å². The first-order valence-electron chi connectivity index (χ1n) is 9.44. The number of anilines is 2. The number of nitriles is 1. The zero-order valence-corrected chi connectivity index (χ0v) is 16.9. The second-order valence-corrected chi connectivity index (χ2v) is 6.77. The first-order valence-corrected chi connectivity index (χ1v) is 9.44. The summed E-state index contributed by atoms with van der Waals surface area (Å²) >= 11 is 0. The molecule has 2 aromatic rings. The maximum atomic E-state index is 12.5. The largest absolute Gasteiger partial charge is 0.454 e. The molecule has 0 unspecified atom stereocenters. The van der Waals surface area contributed by atoms with Crippen molar-refractivity contribution in [3.05, 3.63) is 60.7 Å². The quantitative estimate of drug-likeness (QED) is 0.515. The number of amides is 3. The van der Waals surface area contributed by atoms with Gasteiger partial charge in [0.1, 0.15) is 12.6 Å². The second kappa shape index (κ2) is 11.2. The lowest BCUT2D eigenvalue weighted by Crippen LogP contribution is -2.48. The van der Waals surface area contributed by atoms with E-state index in [2.05, 4.69) is 10.6 Å². The molecule has 0 heterocycles. The molecule has 0 bridgehead atoms. The van der Waals surface area contributed by atoms with E-state index in [0.29, 0.717) is 11.4 Å². The Balaban J connectivity index is 1.96. The SMILES string of the molecule is CC(C)[C@H](NC(=O)Nc1ccccc1)C(=O)OCC(=O)N(CC#N)c1ccccc1. The predicted molar refractivity (Wildman–Crippen MR) is 113 cm³/mol. The van der Waals surface area contributed by atoms with Crippen molar-refractivity contribution >= 4 is 29.3 Å². The lowest BCUT2D eigenvalue weighted by molar-refractivity contribution is -0.150. The zero-order chi connectivity index (χ0) is 21.9. The maximum Gasteiger partial charge on any atom is 0.329 e. The zero-order valence-electron chi connectivity index (χ0n) is 16.9. The Bertz CT molecular complexity index is 894. The minimum atomic E-state index is -0.942. The van der Waals surface area contributed by atoms with E-state index in [0.717, 1.165) is 0 Å². The molecular formula is C22H24N4O4. The van der Waals surface area contributed by atoms with Crippen molar-refractivity contribution in [3.8, 4) is 6.07 Å². The van der Waals surface area contributed by atoms with Gasteiger partial charge in [0, 0.05) is 11.4 Å². The van der Waals surface area contributed by atoms with Crippen LogP contribution in [0.4, 0.5) is 16.2 Å². The number of carbonyl (C=O) groups is 3. The number of rotatable bonds is 8. The van der Waals surface area contributed by atoms with Crippen LogP contribution in [0.2, 0.25) is 0 Å². The van der Waals surface area contributed by atoms with E-state index in [1.54, 1.807) is 68.4 Å². The summed E-state index contributed by atoms with van der Waals surface area (Å²) in [6.45, 7) is 2.79. The summed E-state index contributed by atoms with van der Waals surface area (Å²) in [6, 6.07) is 17.9. The van der Waals surface area contributed by atoms with E-state index in [4.69, 9.17) is 10.00 Å². The second-order valence-electron chi connectivity index (χ2n) is 6.77. The van der Waals surface area contributed by atoms with E-state index in [-0.39, 0.29) is 12.5 Å². The Labute approximate surface area is 175 Å². The van der Waals surface area contributed by atoms with Crippen LogP contribution in [-0.4, -0.2) is 37.1 Å². The Hall–Kier alpha value is -3.86. The molecule has 0 spiro atoms. The van der Waals surface area contributed by atoms with Crippen LogP contribution >= 0.6 is 0 Å². The number of carbonyl (C=O) groups excluding carboxylic acids is 3. The fourth-order valence-electron chi connectivity index (χ4n) is 2.63. The standard InChI is InChI=1S/C22H24N4O4/c1-16(2)20(25-22(29)24-17-9-5-3-6-10-17)21(28)30-15-19(27)26(14-13-23)18-11-7-4-8-12-18/h3-12,16,20H,14-15H2,1-2H3,(H2,24,25,29)/t20-/m0/s1. The first kappa shape index (κ1) is 22.4. The molecule has 0 aliphatic carbocycles. The molecule has 0 saturated carbocycles. The Morgan fingerprint density at radius 2 is 1.63 bits per heavy atom. The predicted octanol–water partition coefficient (Wildman–Crippen LogP) is 2.93. The van der Waals surface area contributed by atoms with Gasteiger partial charge in [-0.1, -0.05) is 50.2 Å². The van der Waals surface area contributed by atoms with E-state index < -0.39 is 30.6 Å². The van der Waals surface area contributed by atoms with Crippen molar-refractivity contribution < 1.29 is 19.1 Å². The van der Waals surface area contributed by atoms with Gasteiger partial charge in [0.15, 0.2) is 6.61 Å². The average Bonchev–Trinajstić information content (AvgIpc) is 2.75. The van der Waals surface area contributed by atoms with Crippen LogP contribution in [-0.2, 0) is 14.3 Å². The van der Waals surface area contributed by atoms with E-state index >= 15 is 0 Å². The highest BCUT2D eigenvalue weighted by Crippen LogP contribution is 2.13. The van der Waals surface area contributed by atoms with Crippen LogP contribution in [0.5, 0.6) is 0 Å². The molecular weight excluding hydrogens is 384 g/mol. The number of hydrogen-bond acceptors (Lipinski definition) is 5. The highest BCUT2D eigenvalue weighted by Gasteiger charge is 2.27. The van der Waals surface area contributed by atoms with Gasteiger partial charge in [0.05, 0.1) is 6.07 Å². The van der Waals surface area contributed by atoms with Crippen molar-refractivity contribution in [2.45, 2.75) is 19.9 Å². The van der Waals surface area contributed by atoms with Gasteiger partial charge < -0.3 is 15.4 Å². The summed E-state index contributed by atoms with van der Waals surface area (Å²) in [6.07, 6.45) is 0. The van der Waals surface area contributed by atoms with Crippen LogP contribution in [0.25, 0.3) is 0 Å². The first-order chi connectivity index (χ1) is 14.4. The summed E-state index contributed by atoms with van der Waals surface area (Å²) in [4.78, 5) is 38.4. The van der Waals surface area contributed by atoms with Gasteiger partial charge in [-0.05, 0) is 30.2 Å². The number of para-hydroxylation sites is 2. The van der Waals surface area contributed by atoms with Crippen LogP contribution < -0.4 is 15.5 Å². The van der Waals surface area contributed by atoms with Crippen molar-refractivity contribution in [2.75, 3.05) is 23.4 Å². The number of ether oxygens (including phenoxy) is 1. The number of nitrogens with one attached hydrogen (secondary N) is 2. The van der Waals surface area contributed by atoms with Crippen LogP contribution in [0.3, 0.4) is 0 Å². The van der Waals surface area contributed by atoms with Crippen molar-refractivity contribution in [3.63, 3.8) is 0 Å². The highest BCUT2D eigenvalue weighted by molar-refractivity contribution is 5.96. The summed E-state index contributed by atoms with van der Waals surface area (Å²) in [5.41, 5.74) is 1.11. The van der Waals surface area contributed by atoms with Gasteiger partial charge in [-0.15, -0.1) is 0 Å². The minimum Gasteiger partial charge on any atom is -0.454 e. The lowest BCUT2D eigenvalue weighted by Gasteiger charge is -2.23. The van der Waals surface area contributed by atoms with E-state index in [9.17, 15) is 14.4 Å². The smallest absolute Gasteiger partial charge is 0.329 e. The Morgan fingerprint density at radius 3 is 2.20 bits per heavy atom. The molecule has 0 aliphatic heterocycles. The summed E-state index contributed by atoms with van der Waals surface area (Å²) < 4.78 is 5.15. The molecule has 0 radical (unpaired) electrons. The van der Waals surface area contributed by atoms with Gasteiger partial charge in [-0.2, -0.15) is 5.26 Å². The van der Waals surface area contributed by atoms with Crippen LogP contribution in [0.15, 0.2) is 60.7 Å². The third-order valence-corrected chi connectivity index (χ3v) is 4.17. The summed E-state index contributed by atoms with van der Waals surface area (Å²) in [5.74, 6) is -1.53. The van der Waals surface area contributed by atoms with Crippen molar-refractivity contribution in [2.24, 2.45) is 5.92 Å². The molecule has 30 heavy (non-hydrogen) atoms. The van der Waals surface area contributed by atoms with Gasteiger partial charge in [-0.3, -0.25) is 9.69 Å². The number of urea groups is 1. The van der Waals surface area contributed by atoms with Gasteiger partial charge >= 0.3 is 12.0 Å². The maximum absolute atomic E-state index is 12.5. The third-order valence-electron chi connectivity index (χ3n) is 4.17. The third kappa shape index (κ3) is 6.63. The molecule has 1 atom stereocenters. The molecule has 0 fully saturated rings. The van der Waals surface area contributed by atoms with E-state index in [1.165, 1.54) is 4.90 Å². The molecule has 2 N–H and O–H groups in total. The molecule has 8 heteroatoms. The van der Waals surface area contributed by atoms with Gasteiger partial charge in [-0.25, -0.2) is 9.59 Å². The number of hydrogen-bond donors (Lipinski definition) is 2. The van der Waals surface area contributed by atoms with Crippen molar-refractivity contribution in [1.29, 1.82) is 5.26 Å². The molecule has 8 nitrogen and oxygen atoms in total. The molecule has 3 amide bonds. The average molecular weight is 408 g/mol. The van der Waals surface area contributed by atoms with Gasteiger partial charge in [0.25, 0.3) is 5.91 Å².